The third-order valence-electron chi connectivity index (χ3n) is 3.37. The topological polar surface area (TPSA) is 49.3 Å². The Hall–Kier alpha value is -1.19. The van der Waals surface area contributed by atoms with E-state index in [4.69, 9.17) is 5.11 Å². The summed E-state index contributed by atoms with van der Waals surface area (Å²) in [6, 6.07) is 7.90. The van der Waals surface area contributed by atoms with Gasteiger partial charge in [0.05, 0.1) is 6.54 Å². The predicted octanol–water partition coefficient (Wildman–Crippen LogP) is 2.92. The Morgan fingerprint density at radius 3 is 2.30 bits per heavy atom. The van der Waals surface area contributed by atoms with Crippen LogP contribution in [-0.4, -0.2) is 30.6 Å². The molecule has 0 heterocycles. The third kappa shape index (κ3) is 5.85. The molecule has 3 nitrogen and oxygen atoms in total. The van der Waals surface area contributed by atoms with E-state index in [-0.39, 0.29) is 17.8 Å². The minimum absolute atomic E-state index is 0.118. The van der Waals surface area contributed by atoms with Crippen LogP contribution in [0.5, 0.6) is 0 Å². The minimum Gasteiger partial charge on any atom is -0.396 e. The van der Waals surface area contributed by atoms with Crippen molar-refractivity contribution in [3.05, 3.63) is 35.4 Å². The molecule has 3 heteroatoms. The number of rotatable bonds is 8. The van der Waals surface area contributed by atoms with Crippen molar-refractivity contribution in [2.45, 2.75) is 45.4 Å². The van der Waals surface area contributed by atoms with Gasteiger partial charge in [-0.2, -0.15) is 0 Å². The van der Waals surface area contributed by atoms with E-state index in [1.807, 2.05) is 24.3 Å². The fourth-order valence-electron chi connectivity index (χ4n) is 2.00. The largest absolute Gasteiger partial charge is 0.396 e. The van der Waals surface area contributed by atoms with Crippen LogP contribution in [0.2, 0.25) is 0 Å². The first-order chi connectivity index (χ1) is 9.45. The first kappa shape index (κ1) is 16.9. The normalized spacial score (nSPS) is 11.6. The molecule has 2 N–H and O–H groups in total. The van der Waals surface area contributed by atoms with Gasteiger partial charge in [-0.3, -0.25) is 4.79 Å². The number of aliphatic hydroxyl groups is 1. The molecule has 0 unspecified atom stereocenters. The van der Waals surface area contributed by atoms with Gasteiger partial charge in [-0.25, -0.2) is 0 Å². The Kier molecular flexibility index (Phi) is 6.89. The minimum atomic E-state index is 0.118. The Labute approximate surface area is 122 Å². The molecule has 0 bridgehead atoms. The Balaban J connectivity index is 2.37. The summed E-state index contributed by atoms with van der Waals surface area (Å²) in [5.74, 6) is 0.132. The van der Waals surface area contributed by atoms with Crippen molar-refractivity contribution in [1.29, 1.82) is 0 Å². The Morgan fingerprint density at radius 2 is 1.75 bits per heavy atom. The summed E-state index contributed by atoms with van der Waals surface area (Å²) in [5.41, 5.74) is 2.12. The number of carbonyl (C=O) groups excluding carboxylic acids is 1. The lowest BCUT2D eigenvalue weighted by Crippen LogP contribution is -2.24. The molecule has 0 aliphatic rings. The second-order valence-corrected chi connectivity index (χ2v) is 6.21. The molecule has 0 saturated heterocycles. The van der Waals surface area contributed by atoms with Gasteiger partial charge >= 0.3 is 0 Å². The van der Waals surface area contributed by atoms with E-state index >= 15 is 0 Å². The third-order valence-corrected chi connectivity index (χ3v) is 3.37. The second kappa shape index (κ2) is 8.18. The number of nitrogens with one attached hydrogen (secondary N) is 1. The van der Waals surface area contributed by atoms with Crippen LogP contribution in [0.4, 0.5) is 0 Å². The van der Waals surface area contributed by atoms with Crippen molar-refractivity contribution in [3.8, 4) is 0 Å². The molecule has 20 heavy (non-hydrogen) atoms. The van der Waals surface area contributed by atoms with E-state index in [0.717, 1.165) is 31.4 Å². The van der Waals surface area contributed by atoms with Gasteiger partial charge in [0, 0.05) is 12.2 Å². The summed E-state index contributed by atoms with van der Waals surface area (Å²) in [5, 5.41) is 11.8. The summed E-state index contributed by atoms with van der Waals surface area (Å²) in [7, 11) is 0. The maximum Gasteiger partial charge on any atom is 0.176 e. The van der Waals surface area contributed by atoms with Gasteiger partial charge in [0.15, 0.2) is 5.78 Å². The zero-order valence-corrected chi connectivity index (χ0v) is 12.9. The lowest BCUT2D eigenvalue weighted by molar-refractivity contribution is 0.0991. The zero-order chi connectivity index (χ0) is 15.0. The zero-order valence-electron chi connectivity index (χ0n) is 12.9. The number of carbonyl (C=O) groups is 1. The molecule has 0 fully saturated rings. The summed E-state index contributed by atoms with van der Waals surface area (Å²) in [4.78, 5) is 12.0. The highest BCUT2D eigenvalue weighted by atomic mass is 16.2. The van der Waals surface area contributed by atoms with Crippen LogP contribution < -0.4 is 5.32 Å². The van der Waals surface area contributed by atoms with Crippen LogP contribution in [0.1, 0.15) is 56.0 Å². The van der Waals surface area contributed by atoms with Crippen LogP contribution in [0.3, 0.4) is 0 Å². The smallest absolute Gasteiger partial charge is 0.176 e. The molecular weight excluding hydrogens is 250 g/mol. The second-order valence-electron chi connectivity index (χ2n) is 6.21. The Bertz CT molecular complexity index is 404. The average Bonchev–Trinajstić information content (AvgIpc) is 2.41. The summed E-state index contributed by atoms with van der Waals surface area (Å²) >= 11 is 0. The molecule has 0 radical (unpaired) electrons. The summed E-state index contributed by atoms with van der Waals surface area (Å²) in [6.07, 6.45) is 2.83. The molecular formula is C17H27NO2. The van der Waals surface area contributed by atoms with Crippen molar-refractivity contribution in [3.63, 3.8) is 0 Å². The fourth-order valence-corrected chi connectivity index (χ4v) is 2.00. The molecule has 0 amide bonds. The SMILES string of the molecule is CC(C)(C)c1ccc(C(=O)CNCCCCCO)cc1. The highest BCUT2D eigenvalue weighted by Gasteiger charge is 2.14. The molecule has 0 atom stereocenters. The lowest BCUT2D eigenvalue weighted by Gasteiger charge is -2.19. The number of ketones is 1. The maximum atomic E-state index is 12.0. The van der Waals surface area contributed by atoms with Gasteiger partial charge in [-0.1, -0.05) is 45.0 Å². The average molecular weight is 277 g/mol. The number of benzene rings is 1. The van der Waals surface area contributed by atoms with Crippen molar-refractivity contribution in [1.82, 2.24) is 5.32 Å². The van der Waals surface area contributed by atoms with Gasteiger partial charge in [0.2, 0.25) is 0 Å². The van der Waals surface area contributed by atoms with Crippen molar-refractivity contribution in [2.75, 3.05) is 19.7 Å². The molecule has 112 valence electrons. The lowest BCUT2D eigenvalue weighted by atomic mass is 9.86. The van der Waals surface area contributed by atoms with Crippen LogP contribution >= 0.6 is 0 Å². The van der Waals surface area contributed by atoms with E-state index < -0.39 is 0 Å². The van der Waals surface area contributed by atoms with E-state index in [2.05, 4.69) is 26.1 Å². The van der Waals surface area contributed by atoms with E-state index in [1.165, 1.54) is 5.56 Å². The fraction of sp³-hybridized carbons (Fsp3) is 0.588. The van der Waals surface area contributed by atoms with Crippen LogP contribution in [0.15, 0.2) is 24.3 Å². The highest BCUT2D eigenvalue weighted by molar-refractivity contribution is 5.97. The Morgan fingerprint density at radius 1 is 1.10 bits per heavy atom. The number of hydrogen-bond acceptors (Lipinski definition) is 3. The molecule has 0 aliphatic carbocycles. The molecule has 0 aromatic heterocycles. The van der Waals surface area contributed by atoms with E-state index in [1.54, 1.807) is 0 Å². The van der Waals surface area contributed by atoms with Crippen molar-refractivity contribution >= 4 is 5.78 Å². The molecule has 0 saturated carbocycles. The van der Waals surface area contributed by atoms with Gasteiger partial charge < -0.3 is 10.4 Å². The van der Waals surface area contributed by atoms with Crippen LogP contribution in [0, 0.1) is 0 Å². The molecule has 1 aromatic rings. The van der Waals surface area contributed by atoms with Crippen molar-refractivity contribution in [2.24, 2.45) is 0 Å². The van der Waals surface area contributed by atoms with Crippen molar-refractivity contribution < 1.29 is 9.90 Å². The van der Waals surface area contributed by atoms with Gasteiger partial charge in [0.25, 0.3) is 0 Å². The summed E-state index contributed by atoms with van der Waals surface area (Å²) < 4.78 is 0. The number of aliphatic hydroxyl groups excluding tert-OH is 1. The standard InChI is InChI=1S/C17H27NO2/c1-17(2,3)15-9-7-14(8-10-15)16(20)13-18-11-5-4-6-12-19/h7-10,18-19H,4-6,11-13H2,1-3H3. The molecule has 1 aromatic carbocycles. The number of Topliss-reactive ketones (excluding diaryl/α,β-unsaturated/α-hetero) is 1. The molecule has 0 spiro atoms. The predicted molar refractivity (Wildman–Crippen MR) is 83.3 cm³/mol. The van der Waals surface area contributed by atoms with E-state index in [9.17, 15) is 4.79 Å². The highest BCUT2D eigenvalue weighted by Crippen LogP contribution is 2.22. The number of unbranched alkanes of at least 4 members (excludes halogenated alkanes) is 2. The summed E-state index contributed by atoms with van der Waals surface area (Å²) in [6.45, 7) is 7.95. The van der Waals surface area contributed by atoms with Crippen LogP contribution in [0.25, 0.3) is 0 Å². The quantitative estimate of drug-likeness (QED) is 0.567. The van der Waals surface area contributed by atoms with Gasteiger partial charge in [-0.05, 0) is 36.8 Å². The van der Waals surface area contributed by atoms with Crippen LogP contribution in [-0.2, 0) is 5.41 Å². The first-order valence-corrected chi connectivity index (χ1v) is 7.40. The number of hydrogen-bond donors (Lipinski definition) is 2. The van der Waals surface area contributed by atoms with E-state index in [0.29, 0.717) is 6.54 Å². The van der Waals surface area contributed by atoms with Gasteiger partial charge in [-0.15, -0.1) is 0 Å². The monoisotopic (exact) mass is 277 g/mol. The molecule has 1 rings (SSSR count). The maximum absolute atomic E-state index is 12.0. The molecule has 0 aliphatic heterocycles. The first-order valence-electron chi connectivity index (χ1n) is 7.40. The van der Waals surface area contributed by atoms with Gasteiger partial charge in [0.1, 0.15) is 0 Å².